The molecule has 1 fully saturated rings. The maximum atomic E-state index is 14.4. The van der Waals surface area contributed by atoms with Crippen LogP contribution in [-0.2, 0) is 14.2 Å². The fourth-order valence-electron chi connectivity index (χ4n) is 2.76. The fraction of sp³-hybridized carbons (Fsp3) is 0.300. The van der Waals surface area contributed by atoms with Crippen LogP contribution in [0.15, 0.2) is 60.7 Å². The third-order valence-corrected chi connectivity index (χ3v) is 4.16. The maximum Gasteiger partial charge on any atom is 0.338 e. The monoisotopic (exact) mass is 358 g/mol. The predicted molar refractivity (Wildman–Crippen MR) is 91.6 cm³/mol. The molecule has 0 spiro atoms. The Labute approximate surface area is 150 Å². The highest BCUT2D eigenvalue weighted by molar-refractivity contribution is 5.90. The van der Waals surface area contributed by atoms with Crippen molar-refractivity contribution in [2.45, 2.75) is 31.4 Å². The molecule has 0 aliphatic carbocycles. The van der Waals surface area contributed by atoms with E-state index in [1.807, 2.05) is 0 Å². The van der Waals surface area contributed by atoms with E-state index in [-0.39, 0.29) is 6.61 Å². The molecule has 1 unspecified atom stereocenters. The number of rotatable bonds is 5. The van der Waals surface area contributed by atoms with E-state index in [2.05, 4.69) is 0 Å². The number of carbonyl (C=O) groups is 2. The number of ether oxygens (including phenoxy) is 3. The summed E-state index contributed by atoms with van der Waals surface area (Å²) in [5.41, 5.74) is 0.701. The number of hydrogen-bond donors (Lipinski definition) is 0. The van der Waals surface area contributed by atoms with E-state index in [0.717, 1.165) is 0 Å². The van der Waals surface area contributed by atoms with Crippen molar-refractivity contribution in [1.82, 2.24) is 0 Å². The first kappa shape index (κ1) is 18.1. The molecule has 4 atom stereocenters. The Morgan fingerprint density at radius 2 is 1.50 bits per heavy atom. The van der Waals surface area contributed by atoms with Gasteiger partial charge in [0.1, 0.15) is 12.7 Å². The second kappa shape index (κ2) is 8.10. The fourth-order valence-corrected chi connectivity index (χ4v) is 2.76. The maximum absolute atomic E-state index is 14.4. The van der Waals surface area contributed by atoms with Gasteiger partial charge in [0.2, 0.25) is 0 Å². The first-order valence-corrected chi connectivity index (χ1v) is 8.34. The van der Waals surface area contributed by atoms with Crippen molar-refractivity contribution in [1.29, 1.82) is 0 Å². The van der Waals surface area contributed by atoms with E-state index in [9.17, 15) is 14.0 Å². The van der Waals surface area contributed by atoms with Crippen LogP contribution in [0.5, 0.6) is 0 Å². The minimum Gasteiger partial charge on any atom is -0.459 e. The van der Waals surface area contributed by atoms with Gasteiger partial charge in [0.15, 0.2) is 12.3 Å². The molecule has 26 heavy (non-hydrogen) atoms. The lowest BCUT2D eigenvalue weighted by Crippen LogP contribution is -2.37. The molecule has 0 aromatic heterocycles. The zero-order valence-electron chi connectivity index (χ0n) is 14.2. The summed E-state index contributed by atoms with van der Waals surface area (Å²) in [4.78, 5) is 24.2. The average Bonchev–Trinajstić information content (AvgIpc) is 2.95. The number of benzene rings is 2. The summed E-state index contributed by atoms with van der Waals surface area (Å²) in [7, 11) is 0. The molecule has 5 nitrogen and oxygen atoms in total. The molecule has 1 aliphatic rings. The number of carbonyl (C=O) groups excluding carboxylic acids is 2. The summed E-state index contributed by atoms with van der Waals surface area (Å²) in [6.07, 6.45) is -4.26. The molecule has 6 heteroatoms. The van der Waals surface area contributed by atoms with E-state index in [4.69, 9.17) is 14.2 Å². The number of esters is 2. The first-order chi connectivity index (χ1) is 12.6. The quantitative estimate of drug-likeness (QED) is 0.768. The Morgan fingerprint density at radius 1 is 0.962 bits per heavy atom. The Balaban J connectivity index is 1.63. The molecular weight excluding hydrogens is 339 g/mol. The molecule has 1 heterocycles. The van der Waals surface area contributed by atoms with Crippen LogP contribution in [0.2, 0.25) is 0 Å². The lowest BCUT2D eigenvalue weighted by atomic mass is 10.1. The van der Waals surface area contributed by atoms with Crippen LogP contribution in [0.4, 0.5) is 4.39 Å². The number of alkyl halides is 1. The van der Waals surface area contributed by atoms with Gasteiger partial charge in [-0.2, -0.15) is 0 Å². The lowest BCUT2D eigenvalue weighted by Gasteiger charge is -2.20. The van der Waals surface area contributed by atoms with Crippen LogP contribution >= 0.6 is 0 Å². The summed E-state index contributed by atoms with van der Waals surface area (Å²) in [6, 6.07) is 16.8. The van der Waals surface area contributed by atoms with Gasteiger partial charge in [-0.1, -0.05) is 36.4 Å². The Morgan fingerprint density at radius 3 is 2.08 bits per heavy atom. The van der Waals surface area contributed by atoms with Gasteiger partial charge >= 0.3 is 11.9 Å². The van der Waals surface area contributed by atoms with Gasteiger partial charge in [-0.25, -0.2) is 14.0 Å². The van der Waals surface area contributed by atoms with Crippen molar-refractivity contribution in [2.24, 2.45) is 0 Å². The number of halogens is 1. The largest absolute Gasteiger partial charge is 0.459 e. The van der Waals surface area contributed by atoms with Gasteiger partial charge in [0.05, 0.1) is 17.2 Å². The second-order valence-electron chi connectivity index (χ2n) is 6.02. The zero-order valence-corrected chi connectivity index (χ0v) is 14.2. The van der Waals surface area contributed by atoms with Gasteiger partial charge < -0.3 is 14.2 Å². The molecule has 0 N–H and O–H groups in total. The van der Waals surface area contributed by atoms with Crippen molar-refractivity contribution >= 4 is 11.9 Å². The Bertz CT molecular complexity index is 749. The van der Waals surface area contributed by atoms with E-state index in [0.29, 0.717) is 11.1 Å². The highest BCUT2D eigenvalue weighted by Gasteiger charge is 2.46. The van der Waals surface area contributed by atoms with Crippen LogP contribution in [0.25, 0.3) is 0 Å². The van der Waals surface area contributed by atoms with Crippen LogP contribution in [0, 0.1) is 0 Å². The molecule has 0 saturated carbocycles. The van der Waals surface area contributed by atoms with Crippen molar-refractivity contribution in [2.75, 3.05) is 6.61 Å². The standard InChI is InChI=1S/C20H19FO5/c1-13-17(21)18(26-20(23)15-10-6-3-7-11-15)16(25-13)12-24-19(22)14-8-4-2-5-9-14/h2-11,13,16-18H,12H2,1H3/t13-,16?,17-,18-/m1/s1. The third kappa shape index (κ3) is 4.08. The summed E-state index contributed by atoms with van der Waals surface area (Å²) >= 11 is 0. The van der Waals surface area contributed by atoms with Gasteiger partial charge in [-0.3, -0.25) is 0 Å². The molecule has 0 radical (unpaired) electrons. The Kier molecular flexibility index (Phi) is 5.63. The summed E-state index contributed by atoms with van der Waals surface area (Å²) in [6.45, 7) is 1.35. The normalized spacial score (nSPS) is 24.8. The van der Waals surface area contributed by atoms with Crippen molar-refractivity contribution in [3.63, 3.8) is 0 Å². The van der Waals surface area contributed by atoms with Gasteiger partial charge in [0, 0.05) is 0 Å². The topological polar surface area (TPSA) is 61.8 Å². The Hall–Kier alpha value is -2.73. The minimum absolute atomic E-state index is 0.203. The molecular formula is C20H19FO5. The van der Waals surface area contributed by atoms with Crippen LogP contribution in [0.3, 0.4) is 0 Å². The van der Waals surface area contributed by atoms with Gasteiger partial charge in [-0.05, 0) is 31.2 Å². The van der Waals surface area contributed by atoms with Crippen LogP contribution in [0.1, 0.15) is 27.6 Å². The average molecular weight is 358 g/mol. The molecule has 3 rings (SSSR count). The lowest BCUT2D eigenvalue weighted by molar-refractivity contribution is -0.0403. The molecule has 1 saturated heterocycles. The van der Waals surface area contributed by atoms with Gasteiger partial charge in [-0.15, -0.1) is 0 Å². The third-order valence-electron chi connectivity index (χ3n) is 4.16. The SMILES string of the molecule is C[C@H]1OC(COC(=O)c2ccccc2)[C@@H](OC(=O)c2ccccc2)[C@@H]1F. The van der Waals surface area contributed by atoms with Crippen molar-refractivity contribution in [3.05, 3.63) is 71.8 Å². The highest BCUT2D eigenvalue weighted by Crippen LogP contribution is 2.27. The zero-order chi connectivity index (χ0) is 18.5. The van der Waals surface area contributed by atoms with Crippen LogP contribution in [-0.4, -0.2) is 43.0 Å². The molecule has 2 aromatic rings. The van der Waals surface area contributed by atoms with Crippen molar-refractivity contribution < 1.29 is 28.2 Å². The van der Waals surface area contributed by atoms with E-state index in [1.165, 1.54) is 0 Å². The van der Waals surface area contributed by atoms with E-state index < -0.39 is 36.4 Å². The first-order valence-electron chi connectivity index (χ1n) is 8.34. The van der Waals surface area contributed by atoms with E-state index in [1.54, 1.807) is 67.6 Å². The molecule has 2 aromatic carbocycles. The molecule has 0 amide bonds. The summed E-state index contributed by atoms with van der Waals surface area (Å²) < 4.78 is 30.4. The van der Waals surface area contributed by atoms with Crippen LogP contribution < -0.4 is 0 Å². The van der Waals surface area contributed by atoms with E-state index >= 15 is 0 Å². The second-order valence-corrected chi connectivity index (χ2v) is 6.02. The smallest absolute Gasteiger partial charge is 0.338 e. The predicted octanol–water partition coefficient (Wildman–Crippen LogP) is 3.19. The van der Waals surface area contributed by atoms with Gasteiger partial charge in [0.25, 0.3) is 0 Å². The molecule has 0 bridgehead atoms. The molecule has 136 valence electrons. The summed E-state index contributed by atoms with van der Waals surface area (Å²) in [5, 5.41) is 0. The van der Waals surface area contributed by atoms with Crippen molar-refractivity contribution in [3.8, 4) is 0 Å². The summed E-state index contributed by atoms with van der Waals surface area (Å²) in [5.74, 6) is -1.19. The molecule has 1 aliphatic heterocycles. The minimum atomic E-state index is -1.50. The highest BCUT2D eigenvalue weighted by atomic mass is 19.1. The number of hydrogen-bond acceptors (Lipinski definition) is 5.